The van der Waals surface area contributed by atoms with Crippen LogP contribution in [-0.4, -0.2) is 44.7 Å². The molecular formula is C14H22N4O2. The highest BCUT2D eigenvalue weighted by Crippen LogP contribution is 2.32. The van der Waals surface area contributed by atoms with Crippen molar-refractivity contribution in [3.05, 3.63) is 18.5 Å². The first-order valence-electron chi connectivity index (χ1n) is 6.80. The van der Waals surface area contributed by atoms with E-state index in [1.165, 1.54) is 0 Å². The largest absolute Gasteiger partial charge is 0.381 e. The van der Waals surface area contributed by atoms with Crippen LogP contribution in [0.25, 0.3) is 0 Å². The van der Waals surface area contributed by atoms with E-state index < -0.39 is 5.41 Å². The van der Waals surface area contributed by atoms with Crippen molar-refractivity contribution in [3.63, 3.8) is 0 Å². The van der Waals surface area contributed by atoms with Crippen molar-refractivity contribution in [2.45, 2.75) is 12.8 Å². The van der Waals surface area contributed by atoms with Gasteiger partial charge in [-0.3, -0.25) is 9.78 Å². The van der Waals surface area contributed by atoms with E-state index in [9.17, 15) is 4.79 Å². The highest BCUT2D eigenvalue weighted by atomic mass is 16.5. The number of ether oxygens (including phenoxy) is 1. The number of hydrogen-bond donors (Lipinski definition) is 2. The van der Waals surface area contributed by atoms with Crippen LogP contribution in [0, 0.1) is 5.41 Å². The predicted molar refractivity (Wildman–Crippen MR) is 78.7 cm³/mol. The molecule has 1 aromatic rings. The number of aromatic nitrogens is 1. The molecule has 1 amide bonds. The van der Waals surface area contributed by atoms with Crippen molar-refractivity contribution in [2.24, 2.45) is 11.1 Å². The number of carbonyl (C=O) groups is 1. The molecule has 1 aromatic heterocycles. The number of carbonyl (C=O) groups excluding carboxylic acids is 1. The fourth-order valence-electron chi connectivity index (χ4n) is 2.41. The summed E-state index contributed by atoms with van der Waals surface area (Å²) in [5.74, 6) is -0.0422. The van der Waals surface area contributed by atoms with Gasteiger partial charge in [-0.2, -0.15) is 0 Å². The van der Waals surface area contributed by atoms with Crippen LogP contribution in [-0.2, 0) is 9.53 Å². The van der Waals surface area contributed by atoms with Gasteiger partial charge in [-0.15, -0.1) is 0 Å². The molecule has 1 fully saturated rings. The summed E-state index contributed by atoms with van der Waals surface area (Å²) in [6.45, 7) is 1.50. The maximum Gasteiger partial charge on any atom is 0.232 e. The molecule has 0 saturated carbocycles. The van der Waals surface area contributed by atoms with E-state index in [0.29, 0.717) is 38.3 Å². The Hall–Kier alpha value is -1.66. The van der Waals surface area contributed by atoms with E-state index in [1.54, 1.807) is 12.4 Å². The number of nitrogens with zero attached hydrogens (tertiary/aromatic N) is 2. The van der Waals surface area contributed by atoms with Crippen LogP contribution in [0.1, 0.15) is 12.8 Å². The van der Waals surface area contributed by atoms with E-state index in [1.807, 2.05) is 25.1 Å². The summed E-state index contributed by atoms with van der Waals surface area (Å²) in [6, 6.07) is 1.87. The van der Waals surface area contributed by atoms with Crippen molar-refractivity contribution in [3.8, 4) is 0 Å². The molecule has 0 spiro atoms. The summed E-state index contributed by atoms with van der Waals surface area (Å²) in [6.07, 6.45) is 4.69. The fourth-order valence-corrected chi connectivity index (χ4v) is 2.41. The average Bonchev–Trinajstić information content (AvgIpc) is 2.48. The van der Waals surface area contributed by atoms with Crippen LogP contribution >= 0.6 is 0 Å². The highest BCUT2D eigenvalue weighted by Gasteiger charge is 2.39. The predicted octanol–water partition coefficient (Wildman–Crippen LogP) is 0.842. The van der Waals surface area contributed by atoms with Gasteiger partial charge in [-0.25, -0.2) is 0 Å². The van der Waals surface area contributed by atoms with Crippen LogP contribution in [0.15, 0.2) is 18.5 Å². The topological polar surface area (TPSA) is 80.5 Å². The van der Waals surface area contributed by atoms with Gasteiger partial charge in [0.1, 0.15) is 0 Å². The molecule has 1 aliphatic rings. The molecule has 6 heteroatoms. The number of hydrogen-bond acceptors (Lipinski definition) is 5. The minimum atomic E-state index is -0.530. The van der Waals surface area contributed by atoms with Crippen molar-refractivity contribution in [2.75, 3.05) is 44.1 Å². The fraction of sp³-hybridized carbons (Fsp3) is 0.571. The van der Waals surface area contributed by atoms with Crippen LogP contribution < -0.4 is 16.0 Å². The minimum absolute atomic E-state index is 0.0422. The van der Waals surface area contributed by atoms with Crippen LogP contribution in [0.4, 0.5) is 11.4 Å². The summed E-state index contributed by atoms with van der Waals surface area (Å²) in [5.41, 5.74) is 6.95. The molecule has 0 unspecified atom stereocenters. The Morgan fingerprint density at radius 3 is 2.80 bits per heavy atom. The van der Waals surface area contributed by atoms with Crippen LogP contribution in [0.5, 0.6) is 0 Å². The third-order valence-corrected chi connectivity index (χ3v) is 3.85. The van der Waals surface area contributed by atoms with Crippen LogP contribution in [0.3, 0.4) is 0 Å². The van der Waals surface area contributed by atoms with Gasteiger partial charge in [0.15, 0.2) is 0 Å². The lowest BCUT2D eigenvalue weighted by atomic mass is 9.79. The second-order valence-corrected chi connectivity index (χ2v) is 5.34. The standard InChI is InChI=1S/C14H22N4O2/c1-18(2)12-3-6-16-9-11(12)17-13(19)14(10-15)4-7-20-8-5-14/h3,6,9H,4-5,7-8,10,15H2,1-2H3,(H,17,19). The van der Waals surface area contributed by atoms with Gasteiger partial charge < -0.3 is 20.7 Å². The van der Waals surface area contributed by atoms with Gasteiger partial charge >= 0.3 is 0 Å². The molecule has 1 aliphatic heterocycles. The zero-order chi connectivity index (χ0) is 14.6. The highest BCUT2D eigenvalue weighted by molar-refractivity contribution is 5.98. The molecule has 2 heterocycles. The summed E-state index contributed by atoms with van der Waals surface area (Å²) < 4.78 is 5.33. The molecule has 0 radical (unpaired) electrons. The number of anilines is 2. The quantitative estimate of drug-likeness (QED) is 0.853. The zero-order valence-electron chi connectivity index (χ0n) is 12.1. The summed E-state index contributed by atoms with van der Waals surface area (Å²) >= 11 is 0. The van der Waals surface area contributed by atoms with Crippen molar-refractivity contribution < 1.29 is 9.53 Å². The van der Waals surface area contributed by atoms with E-state index in [4.69, 9.17) is 10.5 Å². The van der Waals surface area contributed by atoms with E-state index in [-0.39, 0.29) is 5.91 Å². The molecule has 0 atom stereocenters. The molecule has 0 bridgehead atoms. The molecule has 110 valence electrons. The van der Waals surface area contributed by atoms with Crippen molar-refractivity contribution in [1.82, 2.24) is 4.98 Å². The molecule has 6 nitrogen and oxygen atoms in total. The Labute approximate surface area is 119 Å². The van der Waals surface area contributed by atoms with Gasteiger partial charge in [0.25, 0.3) is 0 Å². The SMILES string of the molecule is CN(C)c1ccncc1NC(=O)C1(CN)CCOCC1. The lowest BCUT2D eigenvalue weighted by molar-refractivity contribution is -0.130. The number of amides is 1. The summed E-state index contributed by atoms with van der Waals surface area (Å²) in [4.78, 5) is 18.6. The average molecular weight is 278 g/mol. The summed E-state index contributed by atoms with van der Waals surface area (Å²) in [7, 11) is 3.86. The Morgan fingerprint density at radius 2 is 2.20 bits per heavy atom. The van der Waals surface area contributed by atoms with Gasteiger partial charge in [0.05, 0.1) is 23.0 Å². The lowest BCUT2D eigenvalue weighted by Crippen LogP contribution is -2.46. The Balaban J connectivity index is 2.18. The van der Waals surface area contributed by atoms with Crippen molar-refractivity contribution >= 4 is 17.3 Å². The van der Waals surface area contributed by atoms with Crippen LogP contribution in [0.2, 0.25) is 0 Å². The normalized spacial score (nSPS) is 17.6. The van der Waals surface area contributed by atoms with Gasteiger partial charge in [-0.05, 0) is 18.9 Å². The molecule has 3 N–H and O–H groups in total. The third kappa shape index (κ3) is 2.91. The number of nitrogens with one attached hydrogen (secondary N) is 1. The number of pyridine rings is 1. The molecule has 1 saturated heterocycles. The van der Waals surface area contributed by atoms with E-state index >= 15 is 0 Å². The zero-order valence-corrected chi connectivity index (χ0v) is 12.1. The Kier molecular flexibility index (Phi) is 4.57. The van der Waals surface area contributed by atoms with Gasteiger partial charge in [0.2, 0.25) is 5.91 Å². The second kappa shape index (κ2) is 6.19. The third-order valence-electron chi connectivity index (χ3n) is 3.85. The molecule has 0 aliphatic carbocycles. The van der Waals surface area contributed by atoms with Gasteiger partial charge in [0, 0.05) is 40.1 Å². The Morgan fingerprint density at radius 1 is 1.50 bits per heavy atom. The first-order valence-corrected chi connectivity index (χ1v) is 6.80. The monoisotopic (exact) mass is 278 g/mol. The minimum Gasteiger partial charge on any atom is -0.381 e. The van der Waals surface area contributed by atoms with Crippen molar-refractivity contribution in [1.29, 1.82) is 0 Å². The maximum absolute atomic E-state index is 12.6. The molecule has 0 aromatic carbocycles. The number of nitrogens with two attached hydrogens (primary N) is 1. The summed E-state index contributed by atoms with van der Waals surface area (Å²) in [5, 5.41) is 2.97. The number of rotatable bonds is 4. The molecular weight excluding hydrogens is 256 g/mol. The first kappa shape index (κ1) is 14.7. The van der Waals surface area contributed by atoms with E-state index in [0.717, 1.165) is 5.69 Å². The maximum atomic E-state index is 12.6. The first-order chi connectivity index (χ1) is 9.59. The Bertz CT molecular complexity index is 470. The van der Waals surface area contributed by atoms with Gasteiger partial charge in [-0.1, -0.05) is 0 Å². The lowest BCUT2D eigenvalue weighted by Gasteiger charge is -2.34. The second-order valence-electron chi connectivity index (χ2n) is 5.34. The smallest absolute Gasteiger partial charge is 0.232 e. The molecule has 20 heavy (non-hydrogen) atoms. The van der Waals surface area contributed by atoms with E-state index in [2.05, 4.69) is 10.3 Å². The molecule has 2 rings (SSSR count).